The third-order valence-corrected chi connectivity index (χ3v) is 2.78. The molecule has 2 aromatic heterocycles. The average molecular weight is 245 g/mol. The van der Waals surface area contributed by atoms with Crippen LogP contribution in [-0.2, 0) is 13.1 Å². The van der Waals surface area contributed by atoms with E-state index < -0.39 is 0 Å². The Bertz CT molecular complexity index is 493. The van der Waals surface area contributed by atoms with E-state index in [4.69, 9.17) is 4.74 Å². The normalized spacial score (nSPS) is 10.3. The van der Waals surface area contributed by atoms with Gasteiger partial charge in [0.05, 0.1) is 18.8 Å². The summed E-state index contributed by atoms with van der Waals surface area (Å²) in [7, 11) is 0. The number of anilines is 1. The number of nitrogens with one attached hydrogen (secondary N) is 1. The van der Waals surface area contributed by atoms with E-state index in [9.17, 15) is 0 Å². The van der Waals surface area contributed by atoms with Crippen LogP contribution >= 0.6 is 0 Å². The van der Waals surface area contributed by atoms with Gasteiger partial charge in [-0.1, -0.05) is 0 Å². The minimum absolute atomic E-state index is 0.622. The van der Waals surface area contributed by atoms with Crippen molar-refractivity contribution >= 4 is 5.69 Å². The van der Waals surface area contributed by atoms with Gasteiger partial charge in [0.1, 0.15) is 0 Å². The van der Waals surface area contributed by atoms with Gasteiger partial charge < -0.3 is 14.6 Å². The summed E-state index contributed by atoms with van der Waals surface area (Å²) in [6.07, 6.45) is 3.83. The SMILES string of the molecule is CCOc1ncccc1NCc1cccn1CC. The Morgan fingerprint density at radius 1 is 1.28 bits per heavy atom. The van der Waals surface area contributed by atoms with Gasteiger partial charge in [0, 0.05) is 24.6 Å². The smallest absolute Gasteiger partial charge is 0.237 e. The predicted octanol–water partition coefficient (Wildman–Crippen LogP) is 2.91. The van der Waals surface area contributed by atoms with Crippen molar-refractivity contribution in [2.24, 2.45) is 0 Å². The molecule has 2 rings (SSSR count). The summed E-state index contributed by atoms with van der Waals surface area (Å²) in [4.78, 5) is 4.22. The Balaban J connectivity index is 2.06. The molecule has 0 saturated carbocycles. The van der Waals surface area contributed by atoms with Gasteiger partial charge in [-0.05, 0) is 38.1 Å². The lowest BCUT2D eigenvalue weighted by Gasteiger charge is -2.12. The number of pyridine rings is 1. The number of nitrogens with zero attached hydrogens (tertiary/aromatic N) is 2. The molecule has 1 N–H and O–H groups in total. The zero-order valence-electron chi connectivity index (χ0n) is 10.9. The zero-order valence-corrected chi connectivity index (χ0v) is 10.9. The molecule has 0 spiro atoms. The van der Waals surface area contributed by atoms with Gasteiger partial charge in [0.25, 0.3) is 0 Å². The van der Waals surface area contributed by atoms with E-state index >= 15 is 0 Å². The summed E-state index contributed by atoms with van der Waals surface area (Å²) in [5.41, 5.74) is 2.19. The summed E-state index contributed by atoms with van der Waals surface area (Å²) in [6.45, 7) is 6.47. The fourth-order valence-corrected chi connectivity index (χ4v) is 1.88. The topological polar surface area (TPSA) is 39.1 Å². The summed E-state index contributed by atoms with van der Waals surface area (Å²) in [5, 5.41) is 3.37. The molecule has 0 amide bonds. The second-order valence-corrected chi connectivity index (χ2v) is 3.93. The molecule has 0 radical (unpaired) electrons. The Morgan fingerprint density at radius 2 is 2.17 bits per heavy atom. The third-order valence-electron chi connectivity index (χ3n) is 2.78. The first-order valence-corrected chi connectivity index (χ1v) is 6.30. The first kappa shape index (κ1) is 12.5. The van der Waals surface area contributed by atoms with Crippen LogP contribution in [0.15, 0.2) is 36.7 Å². The van der Waals surface area contributed by atoms with Crippen LogP contribution in [0.3, 0.4) is 0 Å². The Kier molecular flexibility index (Phi) is 4.23. The lowest BCUT2D eigenvalue weighted by Crippen LogP contribution is -2.07. The minimum atomic E-state index is 0.622. The Morgan fingerprint density at radius 3 is 2.94 bits per heavy atom. The molecule has 0 atom stereocenters. The van der Waals surface area contributed by atoms with E-state index in [1.165, 1.54) is 5.69 Å². The largest absolute Gasteiger partial charge is 0.476 e. The van der Waals surface area contributed by atoms with Crippen molar-refractivity contribution in [1.82, 2.24) is 9.55 Å². The van der Waals surface area contributed by atoms with Crippen molar-refractivity contribution in [2.75, 3.05) is 11.9 Å². The van der Waals surface area contributed by atoms with Crippen molar-refractivity contribution in [3.63, 3.8) is 0 Å². The van der Waals surface area contributed by atoms with Crippen molar-refractivity contribution in [3.8, 4) is 5.88 Å². The average Bonchev–Trinajstić information content (AvgIpc) is 2.85. The fraction of sp³-hybridized carbons (Fsp3) is 0.357. The van der Waals surface area contributed by atoms with E-state index in [1.54, 1.807) is 6.20 Å². The van der Waals surface area contributed by atoms with Gasteiger partial charge >= 0.3 is 0 Å². The molecule has 0 aliphatic rings. The van der Waals surface area contributed by atoms with Crippen molar-refractivity contribution in [3.05, 3.63) is 42.4 Å². The molecule has 0 saturated heterocycles. The molecule has 0 unspecified atom stereocenters. The molecule has 96 valence electrons. The summed E-state index contributed by atoms with van der Waals surface area (Å²) in [6, 6.07) is 8.07. The maximum Gasteiger partial charge on any atom is 0.237 e. The maximum absolute atomic E-state index is 5.48. The molecule has 2 heterocycles. The van der Waals surface area contributed by atoms with Crippen molar-refractivity contribution in [2.45, 2.75) is 26.9 Å². The van der Waals surface area contributed by atoms with Gasteiger partial charge in [-0.3, -0.25) is 0 Å². The summed E-state index contributed by atoms with van der Waals surface area (Å²) in [5.74, 6) is 0.662. The second kappa shape index (κ2) is 6.10. The molecule has 0 aliphatic heterocycles. The molecule has 0 fully saturated rings. The van der Waals surface area contributed by atoms with Gasteiger partial charge in [0.2, 0.25) is 5.88 Å². The number of ether oxygens (including phenoxy) is 1. The highest BCUT2D eigenvalue weighted by Crippen LogP contribution is 2.21. The van der Waals surface area contributed by atoms with Gasteiger partial charge in [0.15, 0.2) is 0 Å². The van der Waals surface area contributed by atoms with Crippen molar-refractivity contribution < 1.29 is 4.74 Å². The van der Waals surface area contributed by atoms with Gasteiger partial charge in [-0.25, -0.2) is 4.98 Å². The molecule has 4 nitrogen and oxygen atoms in total. The van der Waals surface area contributed by atoms with Crippen LogP contribution in [0, 0.1) is 0 Å². The molecule has 0 aliphatic carbocycles. The predicted molar refractivity (Wildman–Crippen MR) is 72.8 cm³/mol. The van der Waals surface area contributed by atoms with Gasteiger partial charge in [-0.2, -0.15) is 0 Å². The number of hydrogen-bond donors (Lipinski definition) is 1. The van der Waals surface area contributed by atoms with Crippen LogP contribution in [0.1, 0.15) is 19.5 Å². The Labute approximate surface area is 108 Å². The summed E-state index contributed by atoms with van der Waals surface area (Å²) < 4.78 is 7.70. The molecule has 0 aromatic carbocycles. The Hall–Kier alpha value is -1.97. The van der Waals surface area contributed by atoms with E-state index in [0.29, 0.717) is 12.5 Å². The monoisotopic (exact) mass is 245 g/mol. The molecule has 2 aromatic rings. The highest BCUT2D eigenvalue weighted by Gasteiger charge is 2.04. The number of aryl methyl sites for hydroxylation is 1. The quantitative estimate of drug-likeness (QED) is 0.850. The van der Waals surface area contributed by atoms with E-state index in [0.717, 1.165) is 18.8 Å². The molecular formula is C14H19N3O. The van der Waals surface area contributed by atoms with Gasteiger partial charge in [-0.15, -0.1) is 0 Å². The van der Waals surface area contributed by atoms with Crippen molar-refractivity contribution in [1.29, 1.82) is 0 Å². The lowest BCUT2D eigenvalue weighted by atomic mass is 10.3. The standard InChI is InChI=1S/C14H19N3O/c1-3-17-10-6-7-12(17)11-16-13-8-5-9-15-14(13)18-4-2/h5-10,16H,3-4,11H2,1-2H3. The number of hydrogen-bond acceptors (Lipinski definition) is 3. The lowest BCUT2D eigenvalue weighted by molar-refractivity contribution is 0.328. The van der Waals surface area contributed by atoms with E-state index in [1.807, 2.05) is 19.1 Å². The van der Waals surface area contributed by atoms with Crippen LogP contribution in [0.2, 0.25) is 0 Å². The second-order valence-electron chi connectivity index (χ2n) is 3.93. The van der Waals surface area contributed by atoms with Crippen LogP contribution in [0.5, 0.6) is 5.88 Å². The molecule has 18 heavy (non-hydrogen) atoms. The third kappa shape index (κ3) is 2.83. The molecule has 4 heteroatoms. The van der Waals surface area contributed by atoms with Crippen LogP contribution in [-0.4, -0.2) is 16.2 Å². The molecular weight excluding hydrogens is 226 g/mol. The van der Waals surface area contributed by atoms with E-state index in [2.05, 4.69) is 40.1 Å². The zero-order chi connectivity index (χ0) is 12.8. The van der Waals surface area contributed by atoms with Crippen LogP contribution in [0.4, 0.5) is 5.69 Å². The van der Waals surface area contributed by atoms with Crippen LogP contribution < -0.4 is 10.1 Å². The fourth-order valence-electron chi connectivity index (χ4n) is 1.88. The molecule has 0 bridgehead atoms. The summed E-state index contributed by atoms with van der Waals surface area (Å²) >= 11 is 0. The van der Waals surface area contributed by atoms with E-state index in [-0.39, 0.29) is 0 Å². The minimum Gasteiger partial charge on any atom is -0.476 e. The first-order chi connectivity index (χ1) is 8.85. The highest BCUT2D eigenvalue weighted by atomic mass is 16.5. The van der Waals surface area contributed by atoms with Crippen LogP contribution in [0.25, 0.3) is 0 Å². The first-order valence-electron chi connectivity index (χ1n) is 6.30. The highest BCUT2D eigenvalue weighted by molar-refractivity contribution is 5.52. The maximum atomic E-state index is 5.48. The number of aromatic nitrogens is 2. The number of rotatable bonds is 6.